The minimum Gasteiger partial charge on any atom is -0.399 e. The first-order valence-electron chi connectivity index (χ1n) is 4.08. The summed E-state index contributed by atoms with van der Waals surface area (Å²) in [5.74, 6) is 3.21. The van der Waals surface area contributed by atoms with Crippen LogP contribution in [0.15, 0.2) is 18.2 Å². The van der Waals surface area contributed by atoms with Gasteiger partial charge >= 0.3 is 6.18 Å². The van der Waals surface area contributed by atoms with Gasteiger partial charge in [-0.1, -0.05) is 5.92 Å². The smallest absolute Gasteiger partial charge is 0.399 e. The van der Waals surface area contributed by atoms with Crippen LogP contribution in [0.3, 0.4) is 0 Å². The fraction of sp³-hybridized carbons (Fsp3) is 0.100. The Kier molecular flexibility index (Phi) is 3.09. The number of amides is 1. The molecule has 0 fully saturated rings. The maximum absolute atomic E-state index is 12.4. The van der Waals surface area contributed by atoms with E-state index < -0.39 is 17.6 Å². The van der Waals surface area contributed by atoms with Crippen LogP contribution >= 0.6 is 0 Å². The largest absolute Gasteiger partial charge is 0.416 e. The van der Waals surface area contributed by atoms with Gasteiger partial charge in [0, 0.05) is 11.3 Å². The molecule has 0 saturated heterocycles. The molecule has 0 bridgehead atoms. The highest BCUT2D eigenvalue weighted by Gasteiger charge is 2.30. The van der Waals surface area contributed by atoms with Crippen LogP contribution in [-0.4, -0.2) is 5.91 Å². The highest BCUT2D eigenvalue weighted by atomic mass is 19.4. The molecule has 0 saturated carbocycles. The molecule has 84 valence electrons. The van der Waals surface area contributed by atoms with E-state index >= 15 is 0 Å². The number of primary amides is 1. The number of rotatable bonds is 0. The Morgan fingerprint density at radius 1 is 1.25 bits per heavy atom. The normalized spacial score (nSPS) is 10.4. The van der Waals surface area contributed by atoms with Gasteiger partial charge in [-0.25, -0.2) is 0 Å². The van der Waals surface area contributed by atoms with Gasteiger partial charge in [0.25, 0.3) is 5.91 Å². The number of hydrogen-bond acceptors (Lipinski definition) is 2. The predicted octanol–water partition coefficient (Wildman–Crippen LogP) is 1.12. The van der Waals surface area contributed by atoms with Gasteiger partial charge in [-0.05, 0) is 24.1 Å². The molecule has 0 aromatic heterocycles. The van der Waals surface area contributed by atoms with Crippen molar-refractivity contribution >= 4 is 11.6 Å². The number of hydrogen-bond donors (Lipinski definition) is 2. The van der Waals surface area contributed by atoms with E-state index in [9.17, 15) is 18.0 Å². The molecule has 16 heavy (non-hydrogen) atoms. The molecule has 3 nitrogen and oxygen atoms in total. The highest BCUT2D eigenvalue weighted by molar-refractivity contribution is 5.92. The Bertz CT molecular complexity index is 483. The predicted molar refractivity (Wildman–Crippen MR) is 51.9 cm³/mol. The first-order chi connectivity index (χ1) is 7.29. The van der Waals surface area contributed by atoms with E-state index in [2.05, 4.69) is 5.92 Å². The molecule has 0 spiro atoms. The lowest BCUT2D eigenvalue weighted by molar-refractivity contribution is -0.137. The molecule has 1 aromatic rings. The van der Waals surface area contributed by atoms with Gasteiger partial charge in [0.1, 0.15) is 0 Å². The third-order valence-corrected chi connectivity index (χ3v) is 1.61. The molecule has 1 rings (SSSR count). The number of halogens is 3. The van der Waals surface area contributed by atoms with Gasteiger partial charge in [-0.2, -0.15) is 13.2 Å². The Balaban J connectivity index is 3.20. The summed E-state index contributed by atoms with van der Waals surface area (Å²) in [6.07, 6.45) is -4.50. The minimum atomic E-state index is -4.50. The lowest BCUT2D eigenvalue weighted by Crippen LogP contribution is -2.07. The second kappa shape index (κ2) is 4.14. The van der Waals surface area contributed by atoms with Gasteiger partial charge in [0.15, 0.2) is 0 Å². The van der Waals surface area contributed by atoms with E-state index in [4.69, 9.17) is 11.5 Å². The van der Waals surface area contributed by atoms with Gasteiger partial charge in [-0.15, -0.1) is 0 Å². The van der Waals surface area contributed by atoms with Crippen molar-refractivity contribution in [2.24, 2.45) is 5.73 Å². The van der Waals surface area contributed by atoms with Crippen molar-refractivity contribution in [1.29, 1.82) is 0 Å². The lowest BCUT2D eigenvalue weighted by atomic mass is 10.1. The molecule has 6 heteroatoms. The lowest BCUT2D eigenvalue weighted by Gasteiger charge is -2.07. The number of alkyl halides is 3. The minimum absolute atomic E-state index is 0.00822. The molecule has 0 aliphatic heterocycles. The topological polar surface area (TPSA) is 69.1 Å². The zero-order valence-corrected chi connectivity index (χ0v) is 7.93. The summed E-state index contributed by atoms with van der Waals surface area (Å²) in [6.45, 7) is 0. The van der Waals surface area contributed by atoms with Crippen molar-refractivity contribution in [1.82, 2.24) is 0 Å². The SMILES string of the molecule is NC(=O)C#Cc1cc(N)cc(C(F)(F)F)c1. The third kappa shape index (κ3) is 3.20. The van der Waals surface area contributed by atoms with Gasteiger partial charge in [-0.3, -0.25) is 4.79 Å². The fourth-order valence-electron chi connectivity index (χ4n) is 1.02. The molecule has 0 aliphatic rings. The van der Waals surface area contributed by atoms with Crippen LogP contribution in [0, 0.1) is 11.8 Å². The van der Waals surface area contributed by atoms with Crippen LogP contribution in [0.25, 0.3) is 0 Å². The summed E-state index contributed by atoms with van der Waals surface area (Å²) in [6, 6.07) is 2.81. The van der Waals surface area contributed by atoms with Crippen molar-refractivity contribution < 1.29 is 18.0 Å². The summed E-state index contributed by atoms with van der Waals surface area (Å²) in [5.41, 5.74) is 9.01. The number of nitrogens with two attached hydrogens (primary N) is 2. The summed E-state index contributed by atoms with van der Waals surface area (Å²) in [4.78, 5) is 10.3. The Morgan fingerprint density at radius 2 is 1.88 bits per heavy atom. The van der Waals surface area contributed by atoms with E-state index in [1.54, 1.807) is 0 Å². The van der Waals surface area contributed by atoms with Gasteiger partial charge < -0.3 is 11.5 Å². The molecule has 0 radical (unpaired) electrons. The van der Waals surface area contributed by atoms with Crippen LogP contribution in [0.1, 0.15) is 11.1 Å². The molecular formula is C10H7F3N2O. The molecular weight excluding hydrogens is 221 g/mol. The number of carbonyl (C=O) groups excluding carboxylic acids is 1. The van der Waals surface area contributed by atoms with Crippen LogP contribution < -0.4 is 11.5 Å². The van der Waals surface area contributed by atoms with Crippen molar-refractivity contribution in [2.75, 3.05) is 5.73 Å². The van der Waals surface area contributed by atoms with Crippen LogP contribution in [0.5, 0.6) is 0 Å². The average molecular weight is 228 g/mol. The summed E-state index contributed by atoms with van der Waals surface area (Å²) >= 11 is 0. The average Bonchev–Trinajstić information content (AvgIpc) is 2.12. The number of benzene rings is 1. The van der Waals surface area contributed by atoms with Crippen molar-refractivity contribution in [2.45, 2.75) is 6.18 Å². The molecule has 1 aromatic carbocycles. The Hall–Kier alpha value is -2.16. The van der Waals surface area contributed by atoms with Crippen LogP contribution in [0.2, 0.25) is 0 Å². The second-order valence-electron chi connectivity index (χ2n) is 2.96. The standard InChI is InChI=1S/C10H7F3N2O/c11-10(12,13)7-3-6(1-2-9(15)16)4-8(14)5-7/h3-5H,14H2,(H2,15,16). The first kappa shape index (κ1) is 11.9. The summed E-state index contributed by atoms with van der Waals surface area (Å²) in [7, 11) is 0. The zero-order valence-electron chi connectivity index (χ0n) is 7.93. The van der Waals surface area contributed by atoms with E-state index in [-0.39, 0.29) is 11.3 Å². The van der Waals surface area contributed by atoms with Crippen LogP contribution in [-0.2, 0) is 11.0 Å². The number of carbonyl (C=O) groups is 1. The van der Waals surface area contributed by atoms with E-state index in [1.165, 1.54) is 6.07 Å². The fourth-order valence-corrected chi connectivity index (χ4v) is 1.02. The van der Waals surface area contributed by atoms with Crippen LogP contribution in [0.4, 0.5) is 18.9 Å². The van der Waals surface area contributed by atoms with Crippen molar-refractivity contribution in [3.63, 3.8) is 0 Å². The number of anilines is 1. The third-order valence-electron chi connectivity index (χ3n) is 1.61. The molecule has 0 aliphatic carbocycles. The first-order valence-corrected chi connectivity index (χ1v) is 4.08. The summed E-state index contributed by atoms with van der Waals surface area (Å²) < 4.78 is 37.1. The maximum atomic E-state index is 12.4. The van der Waals surface area contributed by atoms with Crippen molar-refractivity contribution in [3.05, 3.63) is 29.3 Å². The molecule has 1 amide bonds. The Labute approximate surface area is 89.2 Å². The number of nitrogen functional groups attached to an aromatic ring is 1. The van der Waals surface area contributed by atoms with E-state index in [0.29, 0.717) is 0 Å². The monoisotopic (exact) mass is 228 g/mol. The second-order valence-corrected chi connectivity index (χ2v) is 2.96. The quantitative estimate of drug-likeness (QED) is 0.516. The van der Waals surface area contributed by atoms with E-state index in [0.717, 1.165) is 12.1 Å². The molecule has 0 unspecified atom stereocenters. The van der Waals surface area contributed by atoms with E-state index in [1.807, 2.05) is 5.92 Å². The van der Waals surface area contributed by atoms with Crippen molar-refractivity contribution in [3.8, 4) is 11.8 Å². The Morgan fingerprint density at radius 3 is 2.38 bits per heavy atom. The highest BCUT2D eigenvalue weighted by Crippen LogP contribution is 2.31. The molecule has 0 heterocycles. The maximum Gasteiger partial charge on any atom is 0.416 e. The summed E-state index contributed by atoms with van der Waals surface area (Å²) in [5, 5.41) is 0. The van der Waals surface area contributed by atoms with Gasteiger partial charge in [0.2, 0.25) is 0 Å². The molecule has 4 N–H and O–H groups in total. The molecule has 0 atom stereocenters. The zero-order chi connectivity index (χ0) is 12.3. The van der Waals surface area contributed by atoms with Gasteiger partial charge in [0.05, 0.1) is 5.56 Å².